The van der Waals surface area contributed by atoms with Crippen molar-refractivity contribution >= 4 is 21.6 Å². The van der Waals surface area contributed by atoms with Crippen LogP contribution in [0.1, 0.15) is 12.5 Å². The molecule has 1 unspecified atom stereocenters. The average Bonchev–Trinajstić information content (AvgIpc) is 2.30. The Bertz CT molecular complexity index is 555. The number of nitrogens with one attached hydrogen (secondary N) is 2. The Kier molecular flexibility index (Phi) is 4.31. The van der Waals surface area contributed by atoms with Crippen molar-refractivity contribution < 1.29 is 13.2 Å². The van der Waals surface area contributed by atoms with Crippen molar-refractivity contribution in [1.82, 2.24) is 10.0 Å². The quantitative estimate of drug-likeness (QED) is 0.670. The third-order valence-corrected chi connectivity index (χ3v) is 4.06. The number of likely N-dealkylation sites (N-methyl/N-ethyl adjacent to an activating group) is 1. The van der Waals surface area contributed by atoms with Crippen LogP contribution in [0, 0.1) is 6.92 Å². The fourth-order valence-electron chi connectivity index (χ4n) is 1.39. The van der Waals surface area contributed by atoms with Gasteiger partial charge in [0.2, 0.25) is 15.9 Å². The van der Waals surface area contributed by atoms with Crippen molar-refractivity contribution in [2.24, 2.45) is 0 Å². The first-order valence-electron chi connectivity index (χ1n) is 5.38. The molecule has 0 fully saturated rings. The van der Waals surface area contributed by atoms with Crippen molar-refractivity contribution in [3.05, 3.63) is 23.8 Å². The van der Waals surface area contributed by atoms with E-state index in [1.807, 2.05) is 0 Å². The maximum absolute atomic E-state index is 12.0. The fraction of sp³-hybridized carbons (Fsp3) is 0.364. The standard InChI is InChI=1S/C11H17N3O3S/c1-7-6-9(4-5-10(7)12)18(16,17)14-8(2)11(15)13-3/h4-6,8,14H,12H2,1-3H3,(H,13,15). The van der Waals surface area contributed by atoms with Crippen LogP contribution in [0.25, 0.3) is 0 Å². The molecule has 0 aliphatic carbocycles. The van der Waals surface area contributed by atoms with Gasteiger partial charge >= 0.3 is 0 Å². The Morgan fingerprint density at radius 3 is 2.50 bits per heavy atom. The van der Waals surface area contributed by atoms with Crippen molar-refractivity contribution in [2.45, 2.75) is 24.8 Å². The molecule has 7 heteroatoms. The van der Waals surface area contributed by atoms with Gasteiger partial charge in [-0.3, -0.25) is 4.79 Å². The lowest BCUT2D eigenvalue weighted by Crippen LogP contribution is -2.43. The van der Waals surface area contributed by atoms with Gasteiger partial charge in [0.25, 0.3) is 0 Å². The molecule has 1 aromatic carbocycles. The molecule has 0 saturated carbocycles. The fourth-order valence-corrected chi connectivity index (χ4v) is 2.67. The Balaban J connectivity index is 3.00. The summed E-state index contributed by atoms with van der Waals surface area (Å²) in [6, 6.07) is 3.56. The molecule has 6 nitrogen and oxygen atoms in total. The summed E-state index contributed by atoms with van der Waals surface area (Å²) >= 11 is 0. The molecule has 0 aliphatic heterocycles. The number of nitrogen functional groups attached to an aromatic ring is 1. The first-order chi connectivity index (χ1) is 8.27. The maximum Gasteiger partial charge on any atom is 0.241 e. The predicted octanol–water partition coefficient (Wildman–Crippen LogP) is -0.00998. The highest BCUT2D eigenvalue weighted by Gasteiger charge is 2.21. The lowest BCUT2D eigenvalue weighted by molar-refractivity contribution is -0.121. The largest absolute Gasteiger partial charge is 0.399 e. The summed E-state index contributed by atoms with van der Waals surface area (Å²) in [7, 11) is -2.28. The zero-order valence-electron chi connectivity index (χ0n) is 10.5. The molecule has 100 valence electrons. The van der Waals surface area contributed by atoms with Gasteiger partial charge < -0.3 is 11.1 Å². The molecule has 0 radical (unpaired) electrons. The number of sulfonamides is 1. The number of hydrogen-bond donors (Lipinski definition) is 3. The highest BCUT2D eigenvalue weighted by atomic mass is 32.2. The van der Waals surface area contributed by atoms with E-state index in [2.05, 4.69) is 10.0 Å². The third-order valence-electron chi connectivity index (χ3n) is 2.52. The van der Waals surface area contributed by atoms with E-state index in [0.29, 0.717) is 11.3 Å². The van der Waals surface area contributed by atoms with E-state index >= 15 is 0 Å². The minimum Gasteiger partial charge on any atom is -0.399 e. The van der Waals surface area contributed by atoms with Gasteiger partial charge in [-0.15, -0.1) is 0 Å². The monoisotopic (exact) mass is 271 g/mol. The Labute approximate surface area is 107 Å². The van der Waals surface area contributed by atoms with Crippen LogP contribution in [0.5, 0.6) is 0 Å². The highest BCUT2D eigenvalue weighted by Crippen LogP contribution is 2.16. The number of carbonyl (C=O) groups is 1. The van der Waals surface area contributed by atoms with Crippen molar-refractivity contribution in [1.29, 1.82) is 0 Å². The van der Waals surface area contributed by atoms with Crippen LogP contribution in [0.3, 0.4) is 0 Å². The molecule has 4 N–H and O–H groups in total. The van der Waals surface area contributed by atoms with Crippen molar-refractivity contribution in [3.63, 3.8) is 0 Å². The van der Waals surface area contributed by atoms with Gasteiger partial charge in [-0.05, 0) is 37.6 Å². The van der Waals surface area contributed by atoms with E-state index < -0.39 is 22.0 Å². The van der Waals surface area contributed by atoms with Crippen molar-refractivity contribution in [2.75, 3.05) is 12.8 Å². The first kappa shape index (κ1) is 14.5. The van der Waals surface area contributed by atoms with Gasteiger partial charge in [-0.2, -0.15) is 4.72 Å². The van der Waals surface area contributed by atoms with Gasteiger partial charge in [0.15, 0.2) is 0 Å². The SMILES string of the molecule is CNC(=O)C(C)NS(=O)(=O)c1ccc(N)c(C)c1. The normalized spacial score (nSPS) is 13.1. The van der Waals surface area contributed by atoms with Crippen LogP contribution in [0.4, 0.5) is 5.69 Å². The second-order valence-corrected chi connectivity index (χ2v) is 5.69. The molecule has 1 atom stereocenters. The minimum absolute atomic E-state index is 0.0879. The Morgan fingerprint density at radius 1 is 1.39 bits per heavy atom. The Hall–Kier alpha value is -1.60. The number of hydrogen-bond acceptors (Lipinski definition) is 4. The molecule has 0 aliphatic rings. The van der Waals surface area contributed by atoms with Gasteiger partial charge in [0.1, 0.15) is 0 Å². The van der Waals surface area contributed by atoms with Gasteiger partial charge in [-0.1, -0.05) is 0 Å². The smallest absolute Gasteiger partial charge is 0.241 e. The summed E-state index contributed by atoms with van der Waals surface area (Å²) < 4.78 is 26.3. The summed E-state index contributed by atoms with van der Waals surface area (Å²) in [5.74, 6) is -0.397. The summed E-state index contributed by atoms with van der Waals surface area (Å²) in [5.41, 5.74) is 6.82. The Morgan fingerprint density at radius 2 is 2.00 bits per heavy atom. The molecule has 1 amide bonds. The van der Waals surface area contributed by atoms with Crippen LogP contribution in [0.2, 0.25) is 0 Å². The minimum atomic E-state index is -3.72. The van der Waals surface area contributed by atoms with Crippen LogP contribution in [-0.4, -0.2) is 27.4 Å². The van der Waals surface area contributed by atoms with Crippen LogP contribution >= 0.6 is 0 Å². The number of benzene rings is 1. The molecule has 1 aromatic rings. The zero-order valence-corrected chi connectivity index (χ0v) is 11.3. The number of anilines is 1. The van der Waals surface area contributed by atoms with E-state index in [1.165, 1.54) is 32.2 Å². The van der Waals surface area contributed by atoms with Gasteiger partial charge in [0.05, 0.1) is 10.9 Å². The molecular weight excluding hydrogens is 254 g/mol. The first-order valence-corrected chi connectivity index (χ1v) is 6.86. The van der Waals surface area contributed by atoms with Gasteiger partial charge in [-0.25, -0.2) is 8.42 Å². The molecule has 18 heavy (non-hydrogen) atoms. The van der Waals surface area contributed by atoms with E-state index in [-0.39, 0.29) is 4.90 Å². The molecule has 0 heterocycles. The number of carbonyl (C=O) groups excluding carboxylic acids is 1. The topological polar surface area (TPSA) is 101 Å². The lowest BCUT2D eigenvalue weighted by atomic mass is 10.2. The van der Waals surface area contributed by atoms with Gasteiger partial charge in [0, 0.05) is 12.7 Å². The molecule has 0 saturated heterocycles. The van der Waals surface area contributed by atoms with Crippen LogP contribution in [-0.2, 0) is 14.8 Å². The number of nitrogens with two attached hydrogens (primary N) is 1. The van der Waals surface area contributed by atoms with E-state index in [4.69, 9.17) is 5.73 Å². The zero-order chi connectivity index (χ0) is 13.9. The summed E-state index contributed by atoms with van der Waals surface area (Å²) in [4.78, 5) is 11.4. The summed E-state index contributed by atoms with van der Waals surface area (Å²) in [6.45, 7) is 3.19. The molecule has 1 rings (SSSR count). The molecule has 0 bridgehead atoms. The predicted molar refractivity (Wildman–Crippen MR) is 69.4 cm³/mol. The number of amides is 1. The molecule has 0 aromatic heterocycles. The van der Waals surface area contributed by atoms with Crippen LogP contribution < -0.4 is 15.8 Å². The van der Waals surface area contributed by atoms with E-state index in [9.17, 15) is 13.2 Å². The summed E-state index contributed by atoms with van der Waals surface area (Å²) in [6.07, 6.45) is 0. The third kappa shape index (κ3) is 3.21. The van der Waals surface area contributed by atoms with E-state index in [0.717, 1.165) is 0 Å². The van der Waals surface area contributed by atoms with Crippen LogP contribution in [0.15, 0.2) is 23.1 Å². The second-order valence-electron chi connectivity index (χ2n) is 3.98. The highest BCUT2D eigenvalue weighted by molar-refractivity contribution is 7.89. The molecule has 0 spiro atoms. The number of rotatable bonds is 4. The lowest BCUT2D eigenvalue weighted by Gasteiger charge is -2.13. The number of aryl methyl sites for hydroxylation is 1. The maximum atomic E-state index is 12.0. The molecular formula is C11H17N3O3S. The second kappa shape index (κ2) is 5.36. The average molecular weight is 271 g/mol. The van der Waals surface area contributed by atoms with Crippen molar-refractivity contribution in [3.8, 4) is 0 Å². The summed E-state index contributed by atoms with van der Waals surface area (Å²) in [5, 5.41) is 2.37. The van der Waals surface area contributed by atoms with E-state index in [1.54, 1.807) is 6.92 Å².